The van der Waals surface area contributed by atoms with Crippen molar-refractivity contribution in [3.63, 3.8) is 0 Å². The van der Waals surface area contributed by atoms with Crippen LogP contribution in [0, 0.1) is 11.8 Å². The molecular formula is C17H32N2O. The van der Waals surface area contributed by atoms with Crippen molar-refractivity contribution in [1.29, 1.82) is 0 Å². The van der Waals surface area contributed by atoms with E-state index in [-0.39, 0.29) is 12.2 Å². The molecule has 3 nitrogen and oxygen atoms in total. The van der Waals surface area contributed by atoms with E-state index in [1.165, 1.54) is 32.1 Å². The number of carbonyl (C=O) groups excluding carboxylic acids is 1. The first kappa shape index (κ1) is 15.8. The van der Waals surface area contributed by atoms with E-state index in [0.29, 0.717) is 17.9 Å². The van der Waals surface area contributed by atoms with E-state index in [9.17, 15) is 4.79 Å². The van der Waals surface area contributed by atoms with E-state index in [0.717, 1.165) is 18.8 Å². The second kappa shape index (κ2) is 6.93. The molecule has 0 aromatic rings. The predicted molar refractivity (Wildman–Crippen MR) is 83.3 cm³/mol. The molecule has 20 heavy (non-hydrogen) atoms. The van der Waals surface area contributed by atoms with E-state index in [4.69, 9.17) is 0 Å². The van der Waals surface area contributed by atoms with Crippen LogP contribution in [0.3, 0.4) is 0 Å². The Hall–Kier alpha value is -0.570. The van der Waals surface area contributed by atoms with Crippen LogP contribution in [0.25, 0.3) is 0 Å². The number of nitrogens with one attached hydrogen (secondary N) is 1. The van der Waals surface area contributed by atoms with E-state index in [1.54, 1.807) is 0 Å². The highest BCUT2D eigenvalue weighted by Crippen LogP contribution is 2.30. The van der Waals surface area contributed by atoms with E-state index in [2.05, 4.69) is 37.9 Å². The molecule has 0 aromatic heterocycles. The first-order valence-electron chi connectivity index (χ1n) is 8.61. The molecule has 1 saturated carbocycles. The van der Waals surface area contributed by atoms with E-state index >= 15 is 0 Å². The van der Waals surface area contributed by atoms with Crippen molar-refractivity contribution in [2.75, 3.05) is 0 Å². The molecule has 3 heteroatoms. The molecule has 2 fully saturated rings. The summed E-state index contributed by atoms with van der Waals surface area (Å²) in [6.45, 7) is 8.96. The van der Waals surface area contributed by atoms with Gasteiger partial charge in [0.1, 0.15) is 0 Å². The van der Waals surface area contributed by atoms with E-state index < -0.39 is 0 Å². The molecule has 2 aliphatic rings. The summed E-state index contributed by atoms with van der Waals surface area (Å²) in [6.07, 6.45) is 8.54. The average Bonchev–Trinajstić information content (AvgIpc) is 2.56. The van der Waals surface area contributed by atoms with Crippen LogP contribution in [-0.2, 0) is 4.79 Å². The smallest absolute Gasteiger partial charge is 0.241 e. The summed E-state index contributed by atoms with van der Waals surface area (Å²) in [5.41, 5.74) is 0. The van der Waals surface area contributed by atoms with Crippen LogP contribution < -0.4 is 5.32 Å². The summed E-state index contributed by atoms with van der Waals surface area (Å²) in [5.74, 6) is 1.82. The highest BCUT2D eigenvalue weighted by atomic mass is 16.2. The minimum Gasteiger partial charge on any atom is -0.323 e. The zero-order chi connectivity index (χ0) is 14.7. The summed E-state index contributed by atoms with van der Waals surface area (Å²) in [7, 11) is 0. The molecule has 116 valence electrons. The van der Waals surface area contributed by atoms with Gasteiger partial charge in [-0.3, -0.25) is 10.1 Å². The van der Waals surface area contributed by atoms with Crippen LogP contribution in [-0.4, -0.2) is 29.1 Å². The number of hydrogen-bond acceptors (Lipinski definition) is 2. The van der Waals surface area contributed by atoms with Crippen LogP contribution in [0.4, 0.5) is 0 Å². The lowest BCUT2D eigenvalue weighted by Crippen LogP contribution is -2.45. The standard InChI is InChI=1S/C17H32N2O/c1-5-15-17(20)19(16(18-15)11-12(2)3)14-8-6-7-13(4)9-10-14/h12-16,18H,5-11H2,1-4H3. The molecule has 4 atom stereocenters. The molecule has 0 radical (unpaired) electrons. The van der Waals surface area contributed by atoms with Gasteiger partial charge in [-0.2, -0.15) is 0 Å². The van der Waals surface area contributed by atoms with Crippen molar-refractivity contribution in [2.45, 2.75) is 90.9 Å². The maximum atomic E-state index is 12.7. The lowest BCUT2D eigenvalue weighted by molar-refractivity contribution is -0.132. The number of nitrogens with zero attached hydrogens (tertiary/aromatic N) is 1. The fourth-order valence-corrected chi connectivity index (χ4v) is 3.82. The van der Waals surface area contributed by atoms with Crippen LogP contribution in [0.5, 0.6) is 0 Å². The van der Waals surface area contributed by atoms with Crippen molar-refractivity contribution < 1.29 is 4.79 Å². The van der Waals surface area contributed by atoms with Gasteiger partial charge in [-0.05, 0) is 43.9 Å². The predicted octanol–water partition coefficient (Wildman–Crippen LogP) is 3.54. The molecule has 1 saturated heterocycles. The Morgan fingerprint density at radius 2 is 2.00 bits per heavy atom. The Kier molecular flexibility index (Phi) is 5.48. The van der Waals surface area contributed by atoms with Crippen LogP contribution in [0.15, 0.2) is 0 Å². The van der Waals surface area contributed by atoms with Gasteiger partial charge in [-0.25, -0.2) is 0 Å². The van der Waals surface area contributed by atoms with Crippen molar-refractivity contribution in [1.82, 2.24) is 10.2 Å². The fraction of sp³-hybridized carbons (Fsp3) is 0.941. The summed E-state index contributed by atoms with van der Waals surface area (Å²) in [5, 5.41) is 3.58. The normalized spacial score (nSPS) is 35.6. The monoisotopic (exact) mass is 280 g/mol. The van der Waals surface area contributed by atoms with Crippen LogP contribution in [0.1, 0.15) is 72.6 Å². The summed E-state index contributed by atoms with van der Waals surface area (Å²) < 4.78 is 0. The molecular weight excluding hydrogens is 248 g/mol. The second-order valence-corrected chi connectivity index (χ2v) is 7.29. The Labute approximate surface area is 124 Å². The molecule has 2 rings (SSSR count). The first-order valence-corrected chi connectivity index (χ1v) is 8.61. The highest BCUT2D eigenvalue weighted by molar-refractivity contribution is 5.84. The SMILES string of the molecule is CCC1NC(CC(C)C)N(C2CCCC(C)CC2)C1=O. The van der Waals surface area contributed by atoms with Crippen LogP contribution >= 0.6 is 0 Å². The second-order valence-electron chi connectivity index (χ2n) is 7.29. The van der Waals surface area contributed by atoms with Gasteiger partial charge >= 0.3 is 0 Å². The van der Waals surface area contributed by atoms with Crippen molar-refractivity contribution in [3.05, 3.63) is 0 Å². The highest BCUT2D eigenvalue weighted by Gasteiger charge is 2.41. The molecule has 0 spiro atoms. The van der Waals surface area contributed by atoms with Gasteiger partial charge in [0.25, 0.3) is 0 Å². The largest absolute Gasteiger partial charge is 0.323 e. The average molecular weight is 280 g/mol. The summed E-state index contributed by atoms with van der Waals surface area (Å²) in [4.78, 5) is 14.9. The van der Waals surface area contributed by atoms with Gasteiger partial charge < -0.3 is 4.90 Å². The lowest BCUT2D eigenvalue weighted by Gasteiger charge is -2.33. The molecule has 1 heterocycles. The third-order valence-electron chi connectivity index (χ3n) is 5.01. The minimum atomic E-state index is 0.0550. The zero-order valence-electron chi connectivity index (χ0n) is 13.7. The molecule has 0 bridgehead atoms. The van der Waals surface area contributed by atoms with Crippen molar-refractivity contribution in [2.24, 2.45) is 11.8 Å². The maximum Gasteiger partial charge on any atom is 0.241 e. The lowest BCUT2D eigenvalue weighted by atomic mass is 10.0. The number of carbonyl (C=O) groups is 1. The van der Waals surface area contributed by atoms with Gasteiger partial charge in [0, 0.05) is 6.04 Å². The Bertz CT molecular complexity index is 329. The Balaban J connectivity index is 2.09. The van der Waals surface area contributed by atoms with Crippen molar-refractivity contribution >= 4 is 5.91 Å². The van der Waals surface area contributed by atoms with Gasteiger partial charge in [0.15, 0.2) is 0 Å². The molecule has 4 unspecified atom stereocenters. The topological polar surface area (TPSA) is 32.3 Å². The van der Waals surface area contributed by atoms with Crippen molar-refractivity contribution in [3.8, 4) is 0 Å². The molecule has 1 amide bonds. The Morgan fingerprint density at radius 1 is 1.25 bits per heavy atom. The molecule has 1 aliphatic heterocycles. The molecule has 1 aliphatic carbocycles. The summed E-state index contributed by atoms with van der Waals surface area (Å²) >= 11 is 0. The Morgan fingerprint density at radius 3 is 2.65 bits per heavy atom. The third-order valence-corrected chi connectivity index (χ3v) is 5.01. The molecule has 1 N–H and O–H groups in total. The number of rotatable bonds is 4. The number of hydrogen-bond donors (Lipinski definition) is 1. The van der Waals surface area contributed by atoms with Gasteiger partial charge in [-0.1, -0.05) is 40.5 Å². The van der Waals surface area contributed by atoms with E-state index in [1.807, 2.05) is 0 Å². The fourth-order valence-electron chi connectivity index (χ4n) is 3.82. The minimum absolute atomic E-state index is 0.0550. The maximum absolute atomic E-state index is 12.7. The van der Waals surface area contributed by atoms with Gasteiger partial charge in [-0.15, -0.1) is 0 Å². The van der Waals surface area contributed by atoms with Gasteiger partial charge in [0.05, 0.1) is 12.2 Å². The van der Waals surface area contributed by atoms with Crippen LogP contribution in [0.2, 0.25) is 0 Å². The summed E-state index contributed by atoms with van der Waals surface area (Å²) in [6, 6.07) is 0.527. The quantitative estimate of drug-likeness (QED) is 0.799. The van der Waals surface area contributed by atoms with Gasteiger partial charge in [0.2, 0.25) is 5.91 Å². The zero-order valence-corrected chi connectivity index (χ0v) is 13.7. The third kappa shape index (κ3) is 3.55. The number of amides is 1. The first-order chi connectivity index (χ1) is 9.52. The molecule has 0 aromatic carbocycles.